The van der Waals surface area contributed by atoms with Gasteiger partial charge in [0.25, 0.3) is 0 Å². The molecule has 0 bridgehead atoms. The first-order valence-electron chi connectivity index (χ1n) is 12.9. The number of nitrogens with zero attached hydrogens (tertiary/aromatic N) is 3. The molecule has 0 saturated heterocycles. The fraction of sp³-hybridized carbons (Fsp3) is 0.885. The number of hydrogen-bond acceptors (Lipinski definition) is 5. The van der Waals surface area contributed by atoms with Gasteiger partial charge in [-0.15, -0.1) is 0 Å². The fourth-order valence-corrected chi connectivity index (χ4v) is 8.60. The minimum absolute atomic E-state index is 0.0298. The number of Topliss-reactive ketones (excluding diaryl/α,β-unsaturated/α-hetero) is 1. The summed E-state index contributed by atoms with van der Waals surface area (Å²) in [7, 11) is 1.75. The number of aliphatic hydroxyl groups is 1. The third kappa shape index (κ3) is 3.75. The van der Waals surface area contributed by atoms with E-state index in [9.17, 15) is 9.90 Å². The van der Waals surface area contributed by atoms with Gasteiger partial charge in [0.15, 0.2) is 5.78 Å². The molecule has 6 heteroatoms. The summed E-state index contributed by atoms with van der Waals surface area (Å²) in [6.45, 7) is 9.19. The van der Waals surface area contributed by atoms with Crippen LogP contribution in [0.25, 0.3) is 0 Å². The average Bonchev–Trinajstić information content (AvgIpc) is 3.42. The predicted molar refractivity (Wildman–Crippen MR) is 124 cm³/mol. The highest BCUT2D eigenvalue weighted by Gasteiger charge is 2.62. The monoisotopic (exact) mass is 445 g/mol. The van der Waals surface area contributed by atoms with Gasteiger partial charge in [0.2, 0.25) is 0 Å². The molecule has 0 aliphatic heterocycles. The Bertz CT molecular complexity index is 783. The lowest BCUT2D eigenvalue weighted by Gasteiger charge is -2.61. The number of carbonyl (C=O) groups is 1. The van der Waals surface area contributed by atoms with E-state index >= 15 is 0 Å². The van der Waals surface area contributed by atoms with Crippen molar-refractivity contribution in [1.82, 2.24) is 15.0 Å². The Hall–Kier alpha value is -1.27. The summed E-state index contributed by atoms with van der Waals surface area (Å²) >= 11 is 0. The highest BCUT2D eigenvalue weighted by atomic mass is 16.5. The summed E-state index contributed by atoms with van der Waals surface area (Å²) in [6.07, 6.45) is 11.8. The molecule has 1 N–H and O–H groups in total. The minimum Gasteiger partial charge on any atom is -0.390 e. The van der Waals surface area contributed by atoms with E-state index in [2.05, 4.69) is 24.0 Å². The van der Waals surface area contributed by atoms with Crippen molar-refractivity contribution in [2.45, 2.75) is 97.8 Å². The lowest BCUT2D eigenvalue weighted by molar-refractivity contribution is -0.167. The molecule has 4 fully saturated rings. The second kappa shape index (κ2) is 9.17. The molecule has 0 aromatic carbocycles. The molecule has 6 nitrogen and oxygen atoms in total. The summed E-state index contributed by atoms with van der Waals surface area (Å²) in [5.41, 5.74) is 0.370. The van der Waals surface area contributed by atoms with E-state index in [1.54, 1.807) is 19.5 Å². The summed E-state index contributed by atoms with van der Waals surface area (Å²) in [5, 5.41) is 18.8. The number of aromatic nitrogens is 3. The molecule has 1 aromatic heterocycles. The Morgan fingerprint density at radius 3 is 2.44 bits per heavy atom. The predicted octanol–water partition coefficient (Wildman–Crippen LogP) is 4.52. The highest BCUT2D eigenvalue weighted by molar-refractivity contribution is 5.81. The van der Waals surface area contributed by atoms with Gasteiger partial charge in [-0.1, -0.05) is 27.7 Å². The van der Waals surface area contributed by atoms with Gasteiger partial charge < -0.3 is 9.84 Å². The average molecular weight is 446 g/mol. The topological polar surface area (TPSA) is 77.2 Å². The van der Waals surface area contributed by atoms with Crippen molar-refractivity contribution in [3.05, 3.63) is 12.4 Å². The molecule has 1 aromatic rings. The summed E-state index contributed by atoms with van der Waals surface area (Å²) < 4.78 is 5.69. The van der Waals surface area contributed by atoms with Crippen molar-refractivity contribution in [2.75, 3.05) is 7.11 Å². The van der Waals surface area contributed by atoms with Crippen LogP contribution in [0.4, 0.5) is 0 Å². The second-order valence-corrected chi connectivity index (χ2v) is 11.1. The zero-order valence-electron chi connectivity index (χ0n) is 20.7. The van der Waals surface area contributed by atoms with Crippen LogP contribution < -0.4 is 0 Å². The fourth-order valence-electron chi connectivity index (χ4n) is 8.60. The number of rotatable bonds is 4. The standard InChI is InChI=1S/C24H37N3O3.C2H6/c1-23-9-8-18-16(5-4-15-12-20(28)22(30-3)13-24(15,18)2)17(23)6-7-19(23)21(29)14-27-25-10-11-26-27;1-2/h10-11,15-20,22,28H,4-9,12-14H2,1-3H3;1-2H3/t15?,16?,17?,18?,19-,20?,22?,23?,24?;/m1./s1. The van der Waals surface area contributed by atoms with Crippen LogP contribution in [0.5, 0.6) is 0 Å². The Balaban J connectivity index is 0.00000119. The lowest BCUT2D eigenvalue weighted by Crippen LogP contribution is -2.57. The first-order chi connectivity index (χ1) is 15.4. The molecule has 4 aliphatic rings. The molecule has 32 heavy (non-hydrogen) atoms. The molecule has 180 valence electrons. The van der Waals surface area contributed by atoms with Crippen LogP contribution in [0.1, 0.15) is 79.1 Å². The van der Waals surface area contributed by atoms with Gasteiger partial charge >= 0.3 is 0 Å². The molecule has 1 heterocycles. The summed E-state index contributed by atoms with van der Waals surface area (Å²) in [4.78, 5) is 14.7. The van der Waals surface area contributed by atoms with Gasteiger partial charge in [-0.2, -0.15) is 15.0 Å². The number of ketones is 1. The Morgan fingerprint density at radius 2 is 1.75 bits per heavy atom. The van der Waals surface area contributed by atoms with E-state index in [0.717, 1.165) is 25.7 Å². The van der Waals surface area contributed by atoms with Gasteiger partial charge in [0.1, 0.15) is 6.54 Å². The SMILES string of the molecule is CC.COC1CC2(C)C(CCC3C2CCC2(C)C3CC[C@@H]2C(=O)Cn2nccn2)CC1O. The van der Waals surface area contributed by atoms with E-state index in [0.29, 0.717) is 36.0 Å². The summed E-state index contributed by atoms with van der Waals surface area (Å²) in [5.74, 6) is 3.10. The molecule has 0 amide bonds. The maximum absolute atomic E-state index is 13.2. The van der Waals surface area contributed by atoms with Crippen molar-refractivity contribution >= 4 is 5.78 Å². The first kappa shape index (κ1) is 23.9. The molecule has 0 spiro atoms. The highest BCUT2D eigenvalue weighted by Crippen LogP contribution is 2.67. The maximum atomic E-state index is 13.2. The minimum atomic E-state index is -0.317. The van der Waals surface area contributed by atoms with E-state index in [4.69, 9.17) is 4.74 Å². The van der Waals surface area contributed by atoms with Gasteiger partial charge in [-0.05, 0) is 85.9 Å². The lowest BCUT2D eigenvalue weighted by atomic mass is 9.44. The molecule has 8 unspecified atom stereocenters. The third-order valence-electron chi connectivity index (χ3n) is 10.1. The molecule has 0 radical (unpaired) electrons. The van der Waals surface area contributed by atoms with Crippen molar-refractivity contribution in [3.8, 4) is 0 Å². The number of carbonyl (C=O) groups excluding carboxylic acids is 1. The van der Waals surface area contributed by atoms with Gasteiger partial charge in [0, 0.05) is 13.0 Å². The zero-order chi connectivity index (χ0) is 23.1. The van der Waals surface area contributed by atoms with E-state index < -0.39 is 0 Å². The third-order valence-corrected chi connectivity index (χ3v) is 10.1. The smallest absolute Gasteiger partial charge is 0.159 e. The Labute approximate surface area is 193 Å². The number of methoxy groups -OCH3 is 1. The van der Waals surface area contributed by atoms with E-state index in [1.165, 1.54) is 30.5 Å². The van der Waals surface area contributed by atoms with Crippen LogP contribution in [0, 0.1) is 40.4 Å². The molecular formula is C26H43N3O3. The Morgan fingerprint density at radius 1 is 1.06 bits per heavy atom. The van der Waals surface area contributed by atoms with E-state index in [1.807, 2.05) is 13.8 Å². The summed E-state index contributed by atoms with van der Waals surface area (Å²) in [6, 6.07) is 0. The number of aliphatic hydroxyl groups excluding tert-OH is 1. The van der Waals surface area contributed by atoms with Crippen LogP contribution in [-0.2, 0) is 16.1 Å². The number of fused-ring (bicyclic) bond motifs is 5. The van der Waals surface area contributed by atoms with Crippen LogP contribution in [0.3, 0.4) is 0 Å². The molecule has 4 saturated carbocycles. The maximum Gasteiger partial charge on any atom is 0.159 e. The Kier molecular flexibility index (Phi) is 6.84. The number of ether oxygens (including phenoxy) is 1. The van der Waals surface area contributed by atoms with Crippen LogP contribution in [-0.4, -0.2) is 45.2 Å². The van der Waals surface area contributed by atoms with Gasteiger partial charge in [0.05, 0.1) is 24.6 Å². The van der Waals surface area contributed by atoms with E-state index in [-0.39, 0.29) is 29.0 Å². The normalized spacial score (nSPS) is 45.1. The van der Waals surface area contributed by atoms with Crippen molar-refractivity contribution in [3.63, 3.8) is 0 Å². The number of hydrogen-bond donors (Lipinski definition) is 1. The van der Waals surface area contributed by atoms with Gasteiger partial charge in [-0.25, -0.2) is 0 Å². The largest absolute Gasteiger partial charge is 0.390 e. The molecule has 9 atom stereocenters. The molecule has 5 rings (SSSR count). The molecular weight excluding hydrogens is 402 g/mol. The second-order valence-electron chi connectivity index (χ2n) is 11.1. The molecule has 4 aliphatic carbocycles. The van der Waals surface area contributed by atoms with Crippen LogP contribution in [0.15, 0.2) is 12.4 Å². The van der Waals surface area contributed by atoms with Crippen molar-refractivity contribution in [2.24, 2.45) is 40.4 Å². The first-order valence-corrected chi connectivity index (χ1v) is 12.9. The van der Waals surface area contributed by atoms with Crippen LogP contribution in [0.2, 0.25) is 0 Å². The quantitative estimate of drug-likeness (QED) is 0.737. The zero-order valence-corrected chi connectivity index (χ0v) is 20.7. The van der Waals surface area contributed by atoms with Crippen molar-refractivity contribution in [1.29, 1.82) is 0 Å². The van der Waals surface area contributed by atoms with Crippen molar-refractivity contribution < 1.29 is 14.6 Å². The van der Waals surface area contributed by atoms with Crippen LogP contribution >= 0.6 is 0 Å². The van der Waals surface area contributed by atoms with Gasteiger partial charge in [-0.3, -0.25) is 4.79 Å².